The molecular formula is C30H24BrCl2N3O2. The molecule has 0 spiro atoms. The van der Waals surface area contributed by atoms with Gasteiger partial charge in [0.05, 0.1) is 27.2 Å². The van der Waals surface area contributed by atoms with Crippen molar-refractivity contribution >= 4 is 67.0 Å². The van der Waals surface area contributed by atoms with E-state index in [1.807, 2.05) is 50.2 Å². The van der Waals surface area contributed by atoms with Crippen LogP contribution in [0.3, 0.4) is 0 Å². The first kappa shape index (κ1) is 26.4. The molecule has 192 valence electrons. The van der Waals surface area contributed by atoms with Gasteiger partial charge in [-0.3, -0.25) is 4.79 Å². The van der Waals surface area contributed by atoms with Crippen LogP contribution in [0.4, 0.5) is 0 Å². The predicted octanol–water partition coefficient (Wildman–Crippen LogP) is 8.59. The van der Waals surface area contributed by atoms with Gasteiger partial charge in [0, 0.05) is 10.4 Å². The zero-order valence-electron chi connectivity index (χ0n) is 20.8. The van der Waals surface area contributed by atoms with Crippen molar-refractivity contribution in [3.05, 3.63) is 115 Å². The fourth-order valence-electron chi connectivity index (χ4n) is 4.26. The quantitative estimate of drug-likeness (QED) is 0.174. The minimum atomic E-state index is -0.241. The summed E-state index contributed by atoms with van der Waals surface area (Å²) in [5.41, 5.74) is 2.07. The average Bonchev–Trinajstić information content (AvgIpc) is 2.92. The Morgan fingerprint density at radius 1 is 1.03 bits per heavy atom. The van der Waals surface area contributed by atoms with Crippen molar-refractivity contribution in [3.63, 3.8) is 0 Å². The number of hydrogen-bond donors (Lipinski definition) is 0. The summed E-state index contributed by atoms with van der Waals surface area (Å²) < 4.78 is 8.20. The van der Waals surface area contributed by atoms with Gasteiger partial charge in [0.1, 0.15) is 12.4 Å². The van der Waals surface area contributed by atoms with Crippen molar-refractivity contribution in [2.24, 2.45) is 5.10 Å². The third-order valence-electron chi connectivity index (χ3n) is 6.48. The maximum absolute atomic E-state index is 13.4. The number of benzene rings is 4. The monoisotopic (exact) mass is 607 g/mol. The first-order chi connectivity index (χ1) is 18.4. The summed E-state index contributed by atoms with van der Waals surface area (Å²) >= 11 is 16.6. The van der Waals surface area contributed by atoms with Crippen molar-refractivity contribution in [1.82, 2.24) is 9.66 Å². The lowest BCUT2D eigenvalue weighted by atomic mass is 10.1. The molecule has 0 saturated carbocycles. The molecular weight excluding hydrogens is 585 g/mol. The molecule has 4 aromatic carbocycles. The number of halogens is 3. The third kappa shape index (κ3) is 5.35. The molecule has 0 radical (unpaired) electrons. The van der Waals surface area contributed by atoms with Crippen molar-refractivity contribution in [1.29, 1.82) is 0 Å². The van der Waals surface area contributed by atoms with Crippen LogP contribution in [-0.2, 0) is 6.61 Å². The second kappa shape index (κ2) is 11.3. The van der Waals surface area contributed by atoms with E-state index in [4.69, 9.17) is 32.9 Å². The maximum Gasteiger partial charge on any atom is 0.282 e. The highest BCUT2D eigenvalue weighted by Gasteiger charge is 2.16. The van der Waals surface area contributed by atoms with E-state index in [1.54, 1.807) is 24.4 Å². The van der Waals surface area contributed by atoms with Crippen LogP contribution in [0.5, 0.6) is 5.75 Å². The van der Waals surface area contributed by atoms with Crippen molar-refractivity contribution < 1.29 is 4.74 Å². The lowest BCUT2D eigenvalue weighted by Crippen LogP contribution is -2.23. The molecule has 0 saturated heterocycles. The van der Waals surface area contributed by atoms with Crippen LogP contribution >= 0.6 is 39.1 Å². The summed E-state index contributed by atoms with van der Waals surface area (Å²) in [4.78, 5) is 18.1. The van der Waals surface area contributed by atoms with Crippen molar-refractivity contribution in [2.75, 3.05) is 0 Å². The van der Waals surface area contributed by atoms with E-state index in [-0.39, 0.29) is 11.5 Å². The van der Waals surface area contributed by atoms with Crippen LogP contribution in [-0.4, -0.2) is 15.9 Å². The number of nitrogens with zero attached hydrogens (tertiary/aromatic N) is 3. The topological polar surface area (TPSA) is 56.5 Å². The Hall–Kier alpha value is -3.19. The molecule has 0 aliphatic carbocycles. The zero-order valence-corrected chi connectivity index (χ0v) is 23.9. The van der Waals surface area contributed by atoms with E-state index in [1.165, 1.54) is 4.68 Å². The number of aromatic nitrogens is 2. The lowest BCUT2D eigenvalue weighted by molar-refractivity contribution is 0.308. The first-order valence-electron chi connectivity index (χ1n) is 12.2. The van der Waals surface area contributed by atoms with Crippen LogP contribution in [0, 0.1) is 0 Å². The Balaban J connectivity index is 1.46. The highest BCUT2D eigenvalue weighted by Crippen LogP contribution is 2.35. The van der Waals surface area contributed by atoms with Gasteiger partial charge in [0.15, 0.2) is 5.75 Å². The molecule has 0 aliphatic rings. The second-order valence-electron chi connectivity index (χ2n) is 9.04. The molecule has 0 unspecified atom stereocenters. The Kier molecular flexibility index (Phi) is 7.84. The number of ether oxygens (including phenoxy) is 1. The van der Waals surface area contributed by atoms with E-state index in [0.29, 0.717) is 44.7 Å². The molecule has 5 aromatic rings. The summed E-state index contributed by atoms with van der Waals surface area (Å²) in [6.07, 6.45) is 2.37. The minimum Gasteiger partial charge on any atom is -0.486 e. The lowest BCUT2D eigenvalue weighted by Gasteiger charge is -2.14. The first-order valence-corrected chi connectivity index (χ1v) is 13.8. The number of rotatable bonds is 7. The van der Waals surface area contributed by atoms with Gasteiger partial charge in [0.2, 0.25) is 0 Å². The van der Waals surface area contributed by atoms with E-state index in [0.717, 1.165) is 27.2 Å². The second-order valence-corrected chi connectivity index (χ2v) is 10.8. The van der Waals surface area contributed by atoms with Crippen LogP contribution in [0.1, 0.15) is 43.1 Å². The molecule has 5 nitrogen and oxygen atoms in total. The highest BCUT2D eigenvalue weighted by molar-refractivity contribution is 9.10. The van der Waals surface area contributed by atoms with Crippen LogP contribution in [0.2, 0.25) is 10.0 Å². The molecule has 1 aromatic heterocycles. The van der Waals surface area contributed by atoms with Gasteiger partial charge in [-0.25, -0.2) is 4.98 Å². The Morgan fingerprint density at radius 3 is 2.53 bits per heavy atom. The third-order valence-corrected chi connectivity index (χ3v) is 7.54. The van der Waals surface area contributed by atoms with Crippen LogP contribution in [0.15, 0.2) is 87.2 Å². The molecule has 0 amide bonds. The van der Waals surface area contributed by atoms with Crippen molar-refractivity contribution in [2.45, 2.75) is 32.8 Å². The van der Waals surface area contributed by atoms with Gasteiger partial charge in [-0.2, -0.15) is 9.78 Å². The molecule has 0 bridgehead atoms. The van der Waals surface area contributed by atoms with E-state index >= 15 is 0 Å². The number of fused-ring (bicyclic) bond motifs is 2. The predicted molar refractivity (Wildman–Crippen MR) is 160 cm³/mol. The van der Waals surface area contributed by atoms with Gasteiger partial charge in [-0.15, -0.1) is 0 Å². The molecule has 5 rings (SSSR count). The van der Waals surface area contributed by atoms with Gasteiger partial charge in [-0.1, -0.05) is 95.4 Å². The van der Waals surface area contributed by atoms with Gasteiger partial charge in [0.25, 0.3) is 5.56 Å². The minimum absolute atomic E-state index is 0.0323. The average molecular weight is 609 g/mol. The molecule has 38 heavy (non-hydrogen) atoms. The molecule has 0 aliphatic heterocycles. The molecule has 1 atom stereocenters. The smallest absolute Gasteiger partial charge is 0.282 e. The van der Waals surface area contributed by atoms with E-state index in [9.17, 15) is 4.79 Å². The Labute approximate surface area is 238 Å². The molecule has 0 fully saturated rings. The van der Waals surface area contributed by atoms with Gasteiger partial charge >= 0.3 is 0 Å². The van der Waals surface area contributed by atoms with Gasteiger partial charge < -0.3 is 4.74 Å². The van der Waals surface area contributed by atoms with Gasteiger partial charge in [-0.05, 0) is 58.7 Å². The standard InChI is InChI=1S/C30H24BrCl2N3O2/c1-3-18(2)29-35-27-12-11-22(31)15-24(27)30(37)36(29)34-16-19-13-25(32)28(26(33)14-19)38-17-21-9-6-8-20-7-4-5-10-23(20)21/h4-16,18H,3,17H2,1-2H3/t18-/m0/s1. The Morgan fingerprint density at radius 2 is 1.76 bits per heavy atom. The van der Waals surface area contributed by atoms with Crippen molar-refractivity contribution in [3.8, 4) is 5.75 Å². The van der Waals surface area contributed by atoms with E-state index < -0.39 is 0 Å². The normalized spacial score (nSPS) is 12.4. The zero-order chi connectivity index (χ0) is 26.8. The fourth-order valence-corrected chi connectivity index (χ4v) is 5.24. The summed E-state index contributed by atoms with van der Waals surface area (Å²) in [6.45, 7) is 4.39. The Bertz CT molecular complexity index is 1720. The summed E-state index contributed by atoms with van der Waals surface area (Å²) in [6, 6.07) is 23.1. The summed E-state index contributed by atoms with van der Waals surface area (Å²) in [5.74, 6) is 1.02. The SMILES string of the molecule is CC[C@H](C)c1nc2ccc(Br)cc2c(=O)n1N=Cc1cc(Cl)c(OCc2cccc3ccccc23)c(Cl)c1. The fraction of sp³-hybridized carbons (Fsp3) is 0.167. The molecule has 0 N–H and O–H groups in total. The number of hydrogen-bond acceptors (Lipinski definition) is 4. The molecule has 8 heteroatoms. The van der Waals surface area contributed by atoms with E-state index in [2.05, 4.69) is 39.2 Å². The molecule has 1 heterocycles. The highest BCUT2D eigenvalue weighted by atomic mass is 79.9. The van der Waals surface area contributed by atoms with Crippen LogP contribution in [0.25, 0.3) is 21.7 Å². The van der Waals surface area contributed by atoms with Crippen LogP contribution < -0.4 is 10.3 Å². The maximum atomic E-state index is 13.4. The summed E-state index contributed by atoms with van der Waals surface area (Å²) in [5, 5.41) is 7.96. The largest absolute Gasteiger partial charge is 0.486 e. The summed E-state index contributed by atoms with van der Waals surface area (Å²) in [7, 11) is 0.